The molecule has 0 saturated carbocycles. The van der Waals surface area contributed by atoms with Gasteiger partial charge < -0.3 is 4.57 Å². The smallest absolute Gasteiger partial charge is 0.265 e. The molecule has 6 heteroatoms. The number of halogens is 2. The lowest BCUT2D eigenvalue weighted by molar-refractivity contribution is 0.589. The molecule has 0 fully saturated rings. The second-order valence-electron chi connectivity index (χ2n) is 4.17. The summed E-state index contributed by atoms with van der Waals surface area (Å²) in [7, 11) is 0. The van der Waals surface area contributed by atoms with E-state index >= 15 is 0 Å². The largest absolute Gasteiger partial charge is 0.309 e. The normalized spacial score (nSPS) is 10.9. The van der Waals surface area contributed by atoms with Crippen molar-refractivity contribution in [2.24, 2.45) is 0 Å². The summed E-state index contributed by atoms with van der Waals surface area (Å²) in [6, 6.07) is 3.56. The van der Waals surface area contributed by atoms with Crippen molar-refractivity contribution in [2.45, 2.75) is 33.4 Å². The first-order valence-corrected chi connectivity index (χ1v) is 7.34. The van der Waals surface area contributed by atoms with Crippen LogP contribution in [0.2, 0.25) is 5.02 Å². The second kappa shape index (κ2) is 5.92. The van der Waals surface area contributed by atoms with E-state index in [9.17, 15) is 4.79 Å². The Morgan fingerprint density at radius 3 is 2.79 bits per heavy atom. The van der Waals surface area contributed by atoms with Gasteiger partial charge in [-0.3, -0.25) is 9.48 Å². The lowest BCUT2D eigenvalue weighted by atomic mass is 10.3. The summed E-state index contributed by atoms with van der Waals surface area (Å²) in [5.41, 5.74) is 1.68. The Morgan fingerprint density at radius 1 is 1.42 bits per heavy atom. The fourth-order valence-electron chi connectivity index (χ4n) is 1.96. The van der Waals surface area contributed by atoms with Crippen molar-refractivity contribution in [1.29, 1.82) is 0 Å². The molecule has 0 aliphatic heterocycles. The van der Waals surface area contributed by atoms with Gasteiger partial charge in [0, 0.05) is 12.7 Å². The number of pyridine rings is 1. The van der Waals surface area contributed by atoms with Gasteiger partial charge in [-0.15, -0.1) is 0 Å². The minimum atomic E-state index is -0.0690. The van der Waals surface area contributed by atoms with E-state index in [4.69, 9.17) is 11.6 Å². The van der Waals surface area contributed by atoms with Crippen molar-refractivity contribution in [3.8, 4) is 0 Å². The standard InChI is InChI=1S/C13H15BrClN3O/c1-3-10-12(15)11(18(4-2)16-10)8-17-7-5-6-9(14)13(17)19/h5-7H,3-4,8H2,1-2H3. The number of aromatic nitrogens is 3. The molecule has 0 unspecified atom stereocenters. The summed E-state index contributed by atoms with van der Waals surface area (Å²) in [4.78, 5) is 12.0. The lowest BCUT2D eigenvalue weighted by Crippen LogP contribution is -2.21. The Hall–Kier alpha value is -1.07. The van der Waals surface area contributed by atoms with E-state index in [1.54, 1.807) is 16.8 Å². The minimum Gasteiger partial charge on any atom is -0.309 e. The highest BCUT2D eigenvalue weighted by molar-refractivity contribution is 9.10. The molecule has 0 bridgehead atoms. The first kappa shape index (κ1) is 14.3. The van der Waals surface area contributed by atoms with E-state index in [0.29, 0.717) is 16.0 Å². The van der Waals surface area contributed by atoms with Gasteiger partial charge in [-0.05, 0) is 41.4 Å². The lowest BCUT2D eigenvalue weighted by Gasteiger charge is -2.08. The van der Waals surface area contributed by atoms with Crippen LogP contribution in [-0.2, 0) is 19.5 Å². The third kappa shape index (κ3) is 2.77. The molecule has 0 aromatic carbocycles. The molecular formula is C13H15BrClN3O. The average Bonchev–Trinajstić information content (AvgIpc) is 2.71. The quantitative estimate of drug-likeness (QED) is 0.855. The molecule has 0 spiro atoms. The summed E-state index contributed by atoms with van der Waals surface area (Å²) >= 11 is 9.58. The molecule has 4 nitrogen and oxygen atoms in total. The summed E-state index contributed by atoms with van der Waals surface area (Å²) in [5, 5.41) is 5.12. The van der Waals surface area contributed by atoms with Crippen molar-refractivity contribution >= 4 is 27.5 Å². The molecule has 0 radical (unpaired) electrons. The molecule has 2 aromatic heterocycles. The highest BCUT2D eigenvalue weighted by atomic mass is 79.9. The van der Waals surface area contributed by atoms with Gasteiger partial charge in [-0.25, -0.2) is 0 Å². The summed E-state index contributed by atoms with van der Waals surface area (Å²) < 4.78 is 4.02. The first-order valence-electron chi connectivity index (χ1n) is 6.17. The number of hydrogen-bond donors (Lipinski definition) is 0. The molecule has 0 N–H and O–H groups in total. The molecular weight excluding hydrogens is 330 g/mol. The Bertz CT molecular complexity index is 648. The molecule has 0 aliphatic carbocycles. The van der Waals surface area contributed by atoms with E-state index in [0.717, 1.165) is 24.4 Å². The van der Waals surface area contributed by atoms with Crippen LogP contribution >= 0.6 is 27.5 Å². The molecule has 2 aromatic rings. The molecule has 2 rings (SSSR count). The maximum absolute atomic E-state index is 12.0. The predicted octanol–water partition coefficient (Wildman–Crippen LogP) is 3.09. The molecule has 102 valence electrons. The third-order valence-corrected chi connectivity index (χ3v) is 4.03. The minimum absolute atomic E-state index is 0.0690. The summed E-state index contributed by atoms with van der Waals surface area (Å²) in [6.07, 6.45) is 2.54. The maximum atomic E-state index is 12.0. The number of aryl methyl sites for hydroxylation is 2. The van der Waals surface area contributed by atoms with Crippen molar-refractivity contribution in [3.63, 3.8) is 0 Å². The number of hydrogen-bond acceptors (Lipinski definition) is 2. The fraction of sp³-hybridized carbons (Fsp3) is 0.385. The molecule has 0 amide bonds. The van der Waals surface area contributed by atoms with Gasteiger partial charge >= 0.3 is 0 Å². The van der Waals surface area contributed by atoms with Crippen LogP contribution in [0, 0.1) is 0 Å². The maximum Gasteiger partial charge on any atom is 0.265 e. The Balaban J connectivity index is 2.46. The molecule has 19 heavy (non-hydrogen) atoms. The predicted molar refractivity (Wildman–Crippen MR) is 79.8 cm³/mol. The van der Waals surface area contributed by atoms with E-state index in [-0.39, 0.29) is 5.56 Å². The topological polar surface area (TPSA) is 39.8 Å². The monoisotopic (exact) mass is 343 g/mol. The number of rotatable bonds is 4. The SMILES string of the molecule is CCc1nn(CC)c(Cn2cccc(Br)c2=O)c1Cl. The van der Waals surface area contributed by atoms with Gasteiger partial charge in [-0.1, -0.05) is 18.5 Å². The van der Waals surface area contributed by atoms with E-state index in [1.165, 1.54) is 0 Å². The Morgan fingerprint density at radius 2 is 2.16 bits per heavy atom. The van der Waals surface area contributed by atoms with Crippen LogP contribution in [-0.4, -0.2) is 14.3 Å². The Kier molecular flexibility index (Phi) is 4.47. The van der Waals surface area contributed by atoms with Crippen molar-refractivity contribution in [2.75, 3.05) is 0 Å². The van der Waals surface area contributed by atoms with Gasteiger partial charge in [0.1, 0.15) is 0 Å². The van der Waals surface area contributed by atoms with Gasteiger partial charge in [0.15, 0.2) is 0 Å². The third-order valence-electron chi connectivity index (χ3n) is 2.99. The number of nitrogens with zero attached hydrogens (tertiary/aromatic N) is 3. The van der Waals surface area contributed by atoms with Crippen LogP contribution in [0.1, 0.15) is 25.2 Å². The van der Waals surface area contributed by atoms with Gasteiger partial charge in [0.2, 0.25) is 0 Å². The molecule has 2 heterocycles. The zero-order chi connectivity index (χ0) is 14.0. The average molecular weight is 345 g/mol. The van der Waals surface area contributed by atoms with Crippen LogP contribution in [0.3, 0.4) is 0 Å². The zero-order valence-electron chi connectivity index (χ0n) is 10.9. The summed E-state index contributed by atoms with van der Waals surface area (Å²) in [5.74, 6) is 0. The second-order valence-corrected chi connectivity index (χ2v) is 5.40. The highest BCUT2D eigenvalue weighted by Crippen LogP contribution is 2.22. The van der Waals surface area contributed by atoms with Gasteiger partial charge in [0.25, 0.3) is 5.56 Å². The van der Waals surface area contributed by atoms with Crippen molar-refractivity contribution in [3.05, 3.63) is 49.6 Å². The molecule has 0 atom stereocenters. The van der Waals surface area contributed by atoms with Crippen LogP contribution < -0.4 is 5.56 Å². The zero-order valence-corrected chi connectivity index (χ0v) is 13.2. The van der Waals surface area contributed by atoms with E-state index in [1.807, 2.05) is 24.6 Å². The van der Waals surface area contributed by atoms with Crippen LogP contribution in [0.25, 0.3) is 0 Å². The first-order chi connectivity index (χ1) is 9.08. The van der Waals surface area contributed by atoms with Crippen molar-refractivity contribution in [1.82, 2.24) is 14.3 Å². The van der Waals surface area contributed by atoms with Gasteiger partial charge in [-0.2, -0.15) is 5.10 Å². The fourth-order valence-corrected chi connectivity index (χ4v) is 2.67. The molecule has 0 saturated heterocycles. The van der Waals surface area contributed by atoms with E-state index < -0.39 is 0 Å². The Labute approximate surface area is 125 Å². The van der Waals surface area contributed by atoms with Crippen LogP contribution in [0.4, 0.5) is 0 Å². The van der Waals surface area contributed by atoms with Gasteiger partial charge in [0.05, 0.1) is 27.4 Å². The van der Waals surface area contributed by atoms with Crippen LogP contribution in [0.5, 0.6) is 0 Å². The summed E-state index contributed by atoms with van der Waals surface area (Å²) in [6.45, 7) is 5.19. The van der Waals surface area contributed by atoms with E-state index in [2.05, 4.69) is 21.0 Å². The highest BCUT2D eigenvalue weighted by Gasteiger charge is 2.15. The van der Waals surface area contributed by atoms with Crippen molar-refractivity contribution < 1.29 is 0 Å². The van der Waals surface area contributed by atoms with Crippen LogP contribution in [0.15, 0.2) is 27.6 Å². The molecule has 0 aliphatic rings.